The second-order valence-corrected chi connectivity index (χ2v) is 5.84. The van der Waals surface area contributed by atoms with Gasteiger partial charge in [-0.15, -0.1) is 0 Å². The number of benzene rings is 2. The Morgan fingerprint density at radius 3 is 2.50 bits per heavy atom. The minimum atomic E-state index is -0.0923. The number of nitrogens with one attached hydrogen (secondary N) is 1. The van der Waals surface area contributed by atoms with Gasteiger partial charge in [-0.25, -0.2) is 0 Å². The van der Waals surface area contributed by atoms with Gasteiger partial charge in [0.15, 0.2) is 11.5 Å². The van der Waals surface area contributed by atoms with Gasteiger partial charge in [-0.1, -0.05) is 36.4 Å². The molecule has 128 valence electrons. The Morgan fingerprint density at radius 2 is 1.92 bits per heavy atom. The average Bonchev–Trinajstić information content (AvgIpc) is 2.59. The van der Waals surface area contributed by atoms with Gasteiger partial charge in [0.05, 0.1) is 7.11 Å². The molecule has 1 amide bonds. The van der Waals surface area contributed by atoms with Gasteiger partial charge in [-0.05, 0) is 23.3 Å². The van der Waals surface area contributed by atoms with E-state index in [2.05, 4.69) is 5.32 Å². The maximum atomic E-state index is 12.1. The molecule has 0 bridgehead atoms. The van der Waals surface area contributed by atoms with Crippen molar-refractivity contribution < 1.29 is 14.6 Å². The molecule has 0 aromatic heterocycles. The van der Waals surface area contributed by atoms with Crippen LogP contribution < -0.4 is 10.1 Å². The van der Waals surface area contributed by atoms with E-state index in [0.717, 1.165) is 11.1 Å². The van der Waals surface area contributed by atoms with Crippen molar-refractivity contribution in [3.63, 3.8) is 0 Å². The van der Waals surface area contributed by atoms with Crippen LogP contribution in [0.5, 0.6) is 11.5 Å². The molecule has 0 heterocycles. The molecule has 0 fully saturated rings. The summed E-state index contributed by atoms with van der Waals surface area (Å²) in [6, 6.07) is 15.1. The standard InChI is InChI=1S/C19H24N2O3/c1-21(2)19(23)12-16(15-7-5-4-6-8-15)20-13-14-9-10-18(24-3)17(22)11-14/h4-11,16,20,22H,12-13H2,1-3H3. The molecule has 1 atom stereocenters. The van der Waals surface area contributed by atoms with Crippen LogP contribution >= 0.6 is 0 Å². The number of amides is 1. The number of nitrogens with zero attached hydrogens (tertiary/aromatic N) is 1. The molecule has 5 heteroatoms. The second-order valence-electron chi connectivity index (χ2n) is 5.84. The van der Waals surface area contributed by atoms with E-state index in [9.17, 15) is 9.90 Å². The number of carbonyl (C=O) groups excluding carboxylic acids is 1. The topological polar surface area (TPSA) is 61.8 Å². The average molecular weight is 328 g/mol. The van der Waals surface area contributed by atoms with E-state index >= 15 is 0 Å². The van der Waals surface area contributed by atoms with Gasteiger partial charge in [0.2, 0.25) is 5.91 Å². The number of hydrogen-bond acceptors (Lipinski definition) is 4. The minimum Gasteiger partial charge on any atom is -0.504 e. The predicted octanol–water partition coefficient (Wildman–Crippen LogP) is 2.71. The van der Waals surface area contributed by atoms with E-state index in [1.807, 2.05) is 36.4 Å². The summed E-state index contributed by atoms with van der Waals surface area (Å²) in [4.78, 5) is 13.7. The van der Waals surface area contributed by atoms with E-state index in [-0.39, 0.29) is 17.7 Å². The Labute approximate surface area is 142 Å². The first kappa shape index (κ1) is 17.8. The molecule has 0 aliphatic carbocycles. The van der Waals surface area contributed by atoms with Gasteiger partial charge in [0, 0.05) is 33.1 Å². The number of carbonyl (C=O) groups is 1. The van der Waals surface area contributed by atoms with Crippen molar-refractivity contribution in [1.82, 2.24) is 10.2 Å². The molecule has 2 rings (SSSR count). The zero-order valence-corrected chi connectivity index (χ0v) is 14.3. The highest BCUT2D eigenvalue weighted by Crippen LogP contribution is 2.26. The maximum Gasteiger partial charge on any atom is 0.223 e. The van der Waals surface area contributed by atoms with Gasteiger partial charge >= 0.3 is 0 Å². The van der Waals surface area contributed by atoms with Crippen molar-refractivity contribution in [2.45, 2.75) is 19.0 Å². The second kappa shape index (κ2) is 8.36. The van der Waals surface area contributed by atoms with Gasteiger partial charge in [0.25, 0.3) is 0 Å². The van der Waals surface area contributed by atoms with E-state index in [1.165, 1.54) is 7.11 Å². The Morgan fingerprint density at radius 1 is 1.21 bits per heavy atom. The molecule has 0 aliphatic rings. The summed E-state index contributed by atoms with van der Waals surface area (Å²) in [6.45, 7) is 0.540. The fourth-order valence-corrected chi connectivity index (χ4v) is 2.44. The predicted molar refractivity (Wildman–Crippen MR) is 94.0 cm³/mol. The highest BCUT2D eigenvalue weighted by molar-refractivity contribution is 5.76. The van der Waals surface area contributed by atoms with Crippen LogP contribution in [0.4, 0.5) is 0 Å². The van der Waals surface area contributed by atoms with Gasteiger partial charge in [-0.2, -0.15) is 0 Å². The van der Waals surface area contributed by atoms with Crippen molar-refractivity contribution >= 4 is 5.91 Å². The van der Waals surface area contributed by atoms with E-state index in [4.69, 9.17) is 4.74 Å². The lowest BCUT2D eigenvalue weighted by Crippen LogP contribution is -2.29. The van der Waals surface area contributed by atoms with E-state index in [1.54, 1.807) is 31.1 Å². The minimum absolute atomic E-state index is 0.0638. The van der Waals surface area contributed by atoms with Crippen LogP contribution in [0.15, 0.2) is 48.5 Å². The van der Waals surface area contributed by atoms with Gasteiger partial charge in [0.1, 0.15) is 0 Å². The zero-order chi connectivity index (χ0) is 17.5. The number of ether oxygens (including phenoxy) is 1. The molecule has 0 aliphatic heterocycles. The lowest BCUT2D eigenvalue weighted by molar-refractivity contribution is -0.129. The highest BCUT2D eigenvalue weighted by Gasteiger charge is 2.17. The Kier molecular flexibility index (Phi) is 6.21. The lowest BCUT2D eigenvalue weighted by atomic mass is 10.0. The summed E-state index contributed by atoms with van der Waals surface area (Å²) in [5, 5.41) is 13.3. The summed E-state index contributed by atoms with van der Waals surface area (Å²) >= 11 is 0. The third-order valence-electron chi connectivity index (χ3n) is 3.88. The number of rotatable bonds is 7. The largest absolute Gasteiger partial charge is 0.504 e. The van der Waals surface area contributed by atoms with Crippen molar-refractivity contribution in [2.24, 2.45) is 0 Å². The van der Waals surface area contributed by atoms with Crippen molar-refractivity contribution in [1.29, 1.82) is 0 Å². The van der Waals surface area contributed by atoms with Crippen molar-refractivity contribution in [2.75, 3.05) is 21.2 Å². The summed E-state index contributed by atoms with van der Waals surface area (Å²) in [5.41, 5.74) is 1.98. The first-order valence-electron chi connectivity index (χ1n) is 7.85. The molecular formula is C19H24N2O3. The molecule has 24 heavy (non-hydrogen) atoms. The van der Waals surface area contributed by atoms with E-state index in [0.29, 0.717) is 18.7 Å². The molecule has 5 nitrogen and oxygen atoms in total. The van der Waals surface area contributed by atoms with Crippen molar-refractivity contribution in [3.8, 4) is 11.5 Å². The maximum absolute atomic E-state index is 12.1. The Hall–Kier alpha value is -2.53. The van der Waals surface area contributed by atoms with Gasteiger partial charge < -0.3 is 20.1 Å². The smallest absolute Gasteiger partial charge is 0.223 e. The third kappa shape index (κ3) is 4.73. The van der Waals surface area contributed by atoms with E-state index < -0.39 is 0 Å². The molecular weight excluding hydrogens is 304 g/mol. The number of hydrogen-bond donors (Lipinski definition) is 2. The SMILES string of the molecule is COc1ccc(CNC(CC(=O)N(C)C)c2ccccc2)cc1O. The molecule has 2 aromatic carbocycles. The van der Waals surface area contributed by atoms with Crippen LogP contribution in [-0.2, 0) is 11.3 Å². The Balaban J connectivity index is 2.10. The molecule has 1 unspecified atom stereocenters. The van der Waals surface area contributed by atoms with Crippen LogP contribution in [0.1, 0.15) is 23.6 Å². The lowest BCUT2D eigenvalue weighted by Gasteiger charge is -2.21. The highest BCUT2D eigenvalue weighted by atomic mass is 16.5. The first-order chi connectivity index (χ1) is 11.5. The first-order valence-corrected chi connectivity index (χ1v) is 7.85. The Bertz CT molecular complexity index is 672. The molecule has 2 N–H and O–H groups in total. The number of aromatic hydroxyl groups is 1. The number of phenolic OH excluding ortho intramolecular Hbond substituents is 1. The van der Waals surface area contributed by atoms with Crippen LogP contribution in [0.25, 0.3) is 0 Å². The van der Waals surface area contributed by atoms with Crippen LogP contribution in [0.2, 0.25) is 0 Å². The number of methoxy groups -OCH3 is 1. The van der Waals surface area contributed by atoms with Crippen LogP contribution in [-0.4, -0.2) is 37.1 Å². The molecule has 0 saturated carbocycles. The molecule has 2 aromatic rings. The fourth-order valence-electron chi connectivity index (χ4n) is 2.44. The normalized spacial score (nSPS) is 11.8. The zero-order valence-electron chi connectivity index (χ0n) is 14.3. The summed E-state index contributed by atoms with van der Waals surface area (Å²) in [6.07, 6.45) is 0.374. The number of phenols is 1. The molecule has 0 spiro atoms. The summed E-state index contributed by atoms with van der Waals surface area (Å²) in [7, 11) is 5.03. The van der Waals surface area contributed by atoms with Crippen LogP contribution in [0, 0.1) is 0 Å². The van der Waals surface area contributed by atoms with Crippen LogP contribution in [0.3, 0.4) is 0 Å². The molecule has 0 saturated heterocycles. The summed E-state index contributed by atoms with van der Waals surface area (Å²) in [5.74, 6) is 0.618. The van der Waals surface area contributed by atoms with Crippen molar-refractivity contribution in [3.05, 3.63) is 59.7 Å². The summed E-state index contributed by atoms with van der Waals surface area (Å²) < 4.78 is 5.05. The third-order valence-corrected chi connectivity index (χ3v) is 3.88. The monoisotopic (exact) mass is 328 g/mol. The molecule has 0 radical (unpaired) electrons. The fraction of sp³-hybridized carbons (Fsp3) is 0.316. The quantitative estimate of drug-likeness (QED) is 0.820. The van der Waals surface area contributed by atoms with Gasteiger partial charge in [-0.3, -0.25) is 4.79 Å².